The molecule has 1 N–H and O–H groups in total. The van der Waals surface area contributed by atoms with E-state index in [9.17, 15) is 18.5 Å². The predicted molar refractivity (Wildman–Crippen MR) is 96.0 cm³/mol. The Hall–Kier alpha value is -3.47. The lowest BCUT2D eigenvalue weighted by atomic mass is 10.2. The van der Waals surface area contributed by atoms with Crippen molar-refractivity contribution in [3.63, 3.8) is 0 Å². The fourth-order valence-corrected chi connectivity index (χ4v) is 3.69. The van der Waals surface area contributed by atoms with E-state index in [0.717, 1.165) is 18.2 Å². The molecule has 0 amide bonds. The summed E-state index contributed by atoms with van der Waals surface area (Å²) in [5, 5.41) is 14.9. The van der Waals surface area contributed by atoms with Gasteiger partial charge in [-0.1, -0.05) is 18.2 Å². The van der Waals surface area contributed by atoms with Gasteiger partial charge < -0.3 is 4.74 Å². The molecule has 0 unspecified atom stereocenters. The van der Waals surface area contributed by atoms with Gasteiger partial charge in [-0.05, 0) is 17.7 Å². The van der Waals surface area contributed by atoms with Crippen LogP contribution >= 0.6 is 0 Å². The lowest BCUT2D eigenvalue weighted by Gasteiger charge is -2.14. The summed E-state index contributed by atoms with van der Waals surface area (Å²) < 4.78 is 34.7. The molecule has 1 heterocycles. The number of hydrogen-bond acceptors (Lipinski definition) is 7. The van der Waals surface area contributed by atoms with Gasteiger partial charge in [-0.3, -0.25) is 14.8 Å². The SMILES string of the molecule is COc1cc([N+](=O)[O-])ccc1S(=O)(=O)Nc1ccccc1Cn1cncn1. The Morgan fingerprint density at radius 3 is 2.70 bits per heavy atom. The van der Waals surface area contributed by atoms with Crippen LogP contribution in [0.2, 0.25) is 0 Å². The van der Waals surface area contributed by atoms with Crippen LogP contribution in [0.4, 0.5) is 11.4 Å². The summed E-state index contributed by atoms with van der Waals surface area (Å²) in [6.07, 6.45) is 2.90. The van der Waals surface area contributed by atoms with E-state index in [2.05, 4.69) is 14.8 Å². The molecule has 27 heavy (non-hydrogen) atoms. The van der Waals surface area contributed by atoms with Crippen LogP contribution in [-0.4, -0.2) is 35.2 Å². The van der Waals surface area contributed by atoms with E-state index in [1.807, 2.05) is 0 Å². The molecule has 0 fully saturated rings. The smallest absolute Gasteiger partial charge is 0.273 e. The molecule has 10 nitrogen and oxygen atoms in total. The minimum absolute atomic E-state index is 0.120. The number of ether oxygens (including phenoxy) is 1. The number of nitro groups is 1. The highest BCUT2D eigenvalue weighted by molar-refractivity contribution is 7.92. The lowest BCUT2D eigenvalue weighted by molar-refractivity contribution is -0.385. The van der Waals surface area contributed by atoms with Gasteiger partial charge in [0.05, 0.1) is 30.3 Å². The van der Waals surface area contributed by atoms with Gasteiger partial charge in [0, 0.05) is 6.07 Å². The van der Waals surface area contributed by atoms with Crippen molar-refractivity contribution in [2.45, 2.75) is 11.4 Å². The number of anilines is 1. The first-order valence-corrected chi connectivity index (χ1v) is 9.14. The fraction of sp³-hybridized carbons (Fsp3) is 0.125. The second-order valence-electron chi connectivity index (χ2n) is 5.45. The van der Waals surface area contributed by atoms with Gasteiger partial charge >= 0.3 is 0 Å². The Bertz CT molecular complexity index is 1070. The van der Waals surface area contributed by atoms with E-state index in [1.165, 1.54) is 19.8 Å². The molecule has 0 aliphatic carbocycles. The van der Waals surface area contributed by atoms with Gasteiger partial charge in [-0.25, -0.2) is 18.1 Å². The molecule has 0 aliphatic rings. The zero-order valence-electron chi connectivity index (χ0n) is 14.1. The number of nitrogens with one attached hydrogen (secondary N) is 1. The van der Waals surface area contributed by atoms with Gasteiger partial charge in [-0.2, -0.15) is 5.10 Å². The first-order chi connectivity index (χ1) is 12.9. The number of sulfonamides is 1. The van der Waals surface area contributed by atoms with E-state index in [1.54, 1.807) is 28.9 Å². The highest BCUT2D eigenvalue weighted by Gasteiger charge is 2.23. The van der Waals surface area contributed by atoms with Crippen molar-refractivity contribution in [2.75, 3.05) is 11.8 Å². The minimum Gasteiger partial charge on any atom is -0.495 e. The zero-order chi connectivity index (χ0) is 19.4. The summed E-state index contributed by atoms with van der Waals surface area (Å²) in [7, 11) is -2.80. The summed E-state index contributed by atoms with van der Waals surface area (Å²) in [4.78, 5) is 13.9. The Kier molecular flexibility index (Phi) is 5.03. The summed E-state index contributed by atoms with van der Waals surface area (Å²) >= 11 is 0. The second-order valence-corrected chi connectivity index (χ2v) is 7.10. The van der Waals surface area contributed by atoms with Crippen LogP contribution < -0.4 is 9.46 Å². The van der Waals surface area contributed by atoms with Gasteiger partial charge in [0.2, 0.25) is 0 Å². The van der Waals surface area contributed by atoms with Crippen LogP contribution in [0.1, 0.15) is 5.56 Å². The molecule has 0 radical (unpaired) electrons. The number of methoxy groups -OCH3 is 1. The van der Waals surface area contributed by atoms with Crippen molar-refractivity contribution >= 4 is 21.4 Å². The average molecular weight is 389 g/mol. The molecule has 140 valence electrons. The average Bonchev–Trinajstić information content (AvgIpc) is 3.15. The Balaban J connectivity index is 1.95. The van der Waals surface area contributed by atoms with Crippen LogP contribution in [0.15, 0.2) is 60.0 Å². The van der Waals surface area contributed by atoms with Crippen molar-refractivity contribution in [3.8, 4) is 5.75 Å². The maximum Gasteiger partial charge on any atom is 0.273 e. The van der Waals surface area contributed by atoms with E-state index >= 15 is 0 Å². The third kappa shape index (κ3) is 4.03. The summed E-state index contributed by atoms with van der Waals surface area (Å²) in [5.41, 5.74) is 0.762. The molecule has 0 saturated carbocycles. The quantitative estimate of drug-likeness (QED) is 0.483. The van der Waals surface area contributed by atoms with Crippen molar-refractivity contribution in [2.24, 2.45) is 0 Å². The second kappa shape index (κ2) is 7.41. The Morgan fingerprint density at radius 2 is 2.04 bits per heavy atom. The number of nitrogens with zero attached hydrogens (tertiary/aromatic N) is 4. The highest BCUT2D eigenvalue weighted by atomic mass is 32.2. The normalized spacial score (nSPS) is 11.1. The molecule has 11 heteroatoms. The standard InChI is InChI=1S/C16H15N5O5S/c1-26-15-8-13(21(22)23)6-7-16(15)27(24,25)19-14-5-3-2-4-12(14)9-20-11-17-10-18-20/h2-8,10-11,19H,9H2,1H3. The number of nitro benzene ring substituents is 1. The van der Waals surface area contributed by atoms with Crippen LogP contribution in [0, 0.1) is 10.1 Å². The van der Waals surface area contributed by atoms with E-state index in [-0.39, 0.29) is 16.3 Å². The summed E-state index contributed by atoms with van der Waals surface area (Å²) in [5.74, 6) is -0.120. The van der Waals surface area contributed by atoms with Gasteiger partial charge in [0.15, 0.2) is 0 Å². The van der Waals surface area contributed by atoms with Crippen molar-refractivity contribution in [1.82, 2.24) is 14.8 Å². The maximum absolute atomic E-state index is 12.8. The largest absolute Gasteiger partial charge is 0.495 e. The van der Waals surface area contributed by atoms with Crippen LogP contribution in [0.25, 0.3) is 0 Å². The van der Waals surface area contributed by atoms with Crippen molar-refractivity contribution in [1.29, 1.82) is 0 Å². The van der Waals surface area contributed by atoms with Crippen LogP contribution in [-0.2, 0) is 16.6 Å². The number of rotatable bonds is 7. The highest BCUT2D eigenvalue weighted by Crippen LogP contribution is 2.30. The van der Waals surface area contributed by atoms with Gasteiger partial charge in [-0.15, -0.1) is 0 Å². The molecule has 3 aromatic rings. The molecular formula is C16H15N5O5S. The summed E-state index contributed by atoms with van der Waals surface area (Å²) in [6.45, 7) is 0.316. The predicted octanol–water partition coefficient (Wildman–Crippen LogP) is 2.04. The van der Waals surface area contributed by atoms with Crippen molar-refractivity contribution in [3.05, 3.63) is 70.8 Å². The first-order valence-electron chi connectivity index (χ1n) is 7.66. The first kappa shape index (κ1) is 18.3. The number of non-ortho nitro benzene ring substituents is 1. The van der Waals surface area contributed by atoms with E-state index in [0.29, 0.717) is 17.8 Å². The van der Waals surface area contributed by atoms with E-state index in [4.69, 9.17) is 4.74 Å². The lowest BCUT2D eigenvalue weighted by Crippen LogP contribution is -2.16. The molecule has 0 atom stereocenters. The van der Waals surface area contributed by atoms with E-state index < -0.39 is 14.9 Å². The van der Waals surface area contributed by atoms with Crippen LogP contribution in [0.3, 0.4) is 0 Å². The third-order valence-electron chi connectivity index (χ3n) is 3.71. The number of benzene rings is 2. The zero-order valence-corrected chi connectivity index (χ0v) is 15.0. The van der Waals surface area contributed by atoms with Gasteiger partial charge in [0.25, 0.3) is 15.7 Å². The summed E-state index contributed by atoms with van der Waals surface area (Å²) in [6, 6.07) is 10.1. The molecule has 0 aliphatic heterocycles. The molecule has 2 aromatic carbocycles. The number of aromatic nitrogens is 3. The fourth-order valence-electron chi connectivity index (χ4n) is 2.44. The molecule has 1 aromatic heterocycles. The van der Waals surface area contributed by atoms with Gasteiger partial charge in [0.1, 0.15) is 23.3 Å². The third-order valence-corrected chi connectivity index (χ3v) is 5.11. The Labute approximate surface area is 154 Å². The van der Waals surface area contributed by atoms with Crippen molar-refractivity contribution < 1.29 is 18.1 Å². The molecule has 0 saturated heterocycles. The molecule has 0 bridgehead atoms. The van der Waals surface area contributed by atoms with Crippen LogP contribution in [0.5, 0.6) is 5.75 Å². The number of para-hydroxylation sites is 1. The molecular weight excluding hydrogens is 374 g/mol. The topological polar surface area (TPSA) is 129 Å². The minimum atomic E-state index is -4.04. The molecule has 3 rings (SSSR count). The maximum atomic E-state index is 12.8. The molecule has 0 spiro atoms. The number of hydrogen-bond donors (Lipinski definition) is 1. The Morgan fingerprint density at radius 1 is 1.26 bits per heavy atom. The monoisotopic (exact) mass is 389 g/mol.